The summed E-state index contributed by atoms with van der Waals surface area (Å²) in [6, 6.07) is 8.26. The zero-order chi connectivity index (χ0) is 20.0. The van der Waals surface area contributed by atoms with Crippen molar-refractivity contribution in [2.75, 3.05) is 25.5 Å². The van der Waals surface area contributed by atoms with Crippen molar-refractivity contribution in [1.82, 2.24) is 10.6 Å². The number of benzene rings is 1. The third kappa shape index (κ3) is 5.23. The van der Waals surface area contributed by atoms with Gasteiger partial charge in [0.25, 0.3) is 0 Å². The second-order valence-corrected chi connectivity index (χ2v) is 6.78. The Morgan fingerprint density at radius 3 is 2.70 bits per heavy atom. The highest BCUT2D eigenvalue weighted by Crippen LogP contribution is 2.23. The molecule has 1 amide bonds. The summed E-state index contributed by atoms with van der Waals surface area (Å²) in [5, 5.41) is 6.17. The molecule has 142 valence electrons. The minimum Gasteiger partial charge on any atom is -0.378 e. The van der Waals surface area contributed by atoms with E-state index < -0.39 is 0 Å². The van der Waals surface area contributed by atoms with Crippen molar-refractivity contribution in [3.8, 4) is 0 Å². The maximum absolute atomic E-state index is 11.8. The van der Waals surface area contributed by atoms with Gasteiger partial charge in [0.1, 0.15) is 0 Å². The number of carbonyl (C=O) groups excluding carboxylic acids is 1. The van der Waals surface area contributed by atoms with Gasteiger partial charge in [-0.1, -0.05) is 37.4 Å². The topological polar surface area (TPSA) is 44.4 Å². The molecule has 27 heavy (non-hydrogen) atoms. The Kier molecular flexibility index (Phi) is 6.83. The van der Waals surface area contributed by atoms with Gasteiger partial charge in [0.15, 0.2) is 0 Å². The highest BCUT2D eigenvalue weighted by molar-refractivity contribution is 5.94. The Balaban J connectivity index is 2.26. The predicted molar refractivity (Wildman–Crippen MR) is 115 cm³/mol. The summed E-state index contributed by atoms with van der Waals surface area (Å²) in [6.45, 7) is 12.8. The summed E-state index contributed by atoms with van der Waals surface area (Å²) < 4.78 is 0. The molecule has 0 saturated heterocycles. The van der Waals surface area contributed by atoms with Crippen molar-refractivity contribution in [2.45, 2.75) is 20.3 Å². The maximum atomic E-state index is 11.8. The van der Waals surface area contributed by atoms with Crippen LogP contribution in [-0.2, 0) is 4.79 Å². The molecule has 4 nitrogen and oxygen atoms in total. The molecular weight excluding hydrogens is 334 g/mol. The summed E-state index contributed by atoms with van der Waals surface area (Å²) in [4.78, 5) is 13.9. The Morgan fingerprint density at radius 2 is 2.04 bits per heavy atom. The fourth-order valence-electron chi connectivity index (χ4n) is 2.84. The van der Waals surface area contributed by atoms with E-state index >= 15 is 0 Å². The largest absolute Gasteiger partial charge is 0.378 e. The van der Waals surface area contributed by atoms with E-state index in [-0.39, 0.29) is 5.91 Å². The molecule has 4 heteroatoms. The van der Waals surface area contributed by atoms with Crippen molar-refractivity contribution in [1.29, 1.82) is 0 Å². The van der Waals surface area contributed by atoms with E-state index in [1.165, 1.54) is 0 Å². The number of allylic oxidation sites excluding steroid dienone is 4. The fourth-order valence-corrected chi connectivity index (χ4v) is 2.84. The lowest BCUT2D eigenvalue weighted by Crippen LogP contribution is -2.34. The molecule has 1 aliphatic heterocycles. The minimum absolute atomic E-state index is 0.0296. The molecule has 0 fully saturated rings. The third-order valence-electron chi connectivity index (χ3n) is 4.51. The van der Waals surface area contributed by atoms with Crippen LogP contribution < -0.4 is 15.5 Å². The Bertz CT molecular complexity index is 841. The summed E-state index contributed by atoms with van der Waals surface area (Å²) in [7, 11) is 4.04. The average Bonchev–Trinajstić information content (AvgIpc) is 2.65. The quantitative estimate of drug-likeness (QED) is 0.715. The first-order chi connectivity index (χ1) is 12.8. The van der Waals surface area contributed by atoms with Crippen molar-refractivity contribution in [2.24, 2.45) is 0 Å². The molecule has 0 aliphatic carbocycles. The molecule has 2 rings (SSSR count). The number of amides is 1. The van der Waals surface area contributed by atoms with Crippen molar-refractivity contribution in [3.05, 3.63) is 83.8 Å². The molecule has 1 aromatic carbocycles. The van der Waals surface area contributed by atoms with Gasteiger partial charge in [-0.25, -0.2) is 0 Å². The van der Waals surface area contributed by atoms with Gasteiger partial charge in [-0.2, -0.15) is 0 Å². The smallest absolute Gasteiger partial charge is 0.248 e. The molecule has 0 saturated carbocycles. The van der Waals surface area contributed by atoms with E-state index in [2.05, 4.69) is 40.8 Å². The van der Waals surface area contributed by atoms with E-state index in [4.69, 9.17) is 0 Å². The maximum Gasteiger partial charge on any atom is 0.248 e. The molecule has 1 aliphatic rings. The van der Waals surface area contributed by atoms with E-state index in [0.29, 0.717) is 12.1 Å². The molecule has 1 aromatic rings. The lowest BCUT2D eigenvalue weighted by molar-refractivity contribution is -0.117. The van der Waals surface area contributed by atoms with Crippen LogP contribution in [0.15, 0.2) is 78.2 Å². The average molecular weight is 364 g/mol. The second kappa shape index (κ2) is 9.08. The van der Waals surface area contributed by atoms with Crippen molar-refractivity contribution in [3.63, 3.8) is 0 Å². The summed E-state index contributed by atoms with van der Waals surface area (Å²) in [5.41, 5.74) is 6.40. The molecule has 0 aromatic heterocycles. The zero-order valence-electron chi connectivity index (χ0n) is 16.7. The van der Waals surface area contributed by atoms with E-state index in [1.807, 2.05) is 58.3 Å². The highest BCUT2D eigenvalue weighted by Gasteiger charge is 2.17. The van der Waals surface area contributed by atoms with Gasteiger partial charge in [-0.3, -0.25) is 4.79 Å². The molecular formula is C23H29N3O. The monoisotopic (exact) mass is 363 g/mol. The molecule has 0 spiro atoms. The van der Waals surface area contributed by atoms with Gasteiger partial charge in [-0.05, 0) is 48.8 Å². The minimum atomic E-state index is -0.0296. The van der Waals surface area contributed by atoms with E-state index in [1.54, 1.807) is 0 Å². The van der Waals surface area contributed by atoms with E-state index in [9.17, 15) is 4.79 Å². The van der Waals surface area contributed by atoms with Crippen LogP contribution in [0, 0.1) is 0 Å². The van der Waals surface area contributed by atoms with Crippen LogP contribution in [0.3, 0.4) is 0 Å². The first-order valence-electron chi connectivity index (χ1n) is 9.08. The molecule has 2 N–H and O–H groups in total. The van der Waals surface area contributed by atoms with Gasteiger partial charge in [0, 0.05) is 49.7 Å². The Morgan fingerprint density at radius 1 is 1.30 bits per heavy atom. The first-order valence-corrected chi connectivity index (χ1v) is 9.08. The third-order valence-corrected chi connectivity index (χ3v) is 4.51. The van der Waals surface area contributed by atoms with Crippen molar-refractivity contribution < 1.29 is 4.79 Å². The van der Waals surface area contributed by atoms with Crippen LogP contribution in [-0.4, -0.2) is 26.5 Å². The van der Waals surface area contributed by atoms with Crippen LogP contribution in [0.2, 0.25) is 0 Å². The standard InChI is InChI=1S/C23H29N3O/c1-7-9-20(18(4)25-22-12-13-24-23(27)17(22)3)14-16(2)19-10-8-11-21(15-19)26(5)6/h7-11,14-15,25H,2,4,12-13H2,1,3,5-6H3,(H,24,27)/b9-7-,20-14+. The lowest BCUT2D eigenvalue weighted by atomic mass is 10.0. The lowest BCUT2D eigenvalue weighted by Gasteiger charge is -2.21. The number of nitrogens with one attached hydrogen (secondary N) is 2. The van der Waals surface area contributed by atoms with Gasteiger partial charge in [-0.15, -0.1) is 0 Å². The van der Waals surface area contributed by atoms with Crippen LogP contribution >= 0.6 is 0 Å². The molecule has 1 heterocycles. The SMILES string of the molecule is C=C(NC1=C(C)C(=O)NCC1)C(/C=C\C)=C/C(=C)c1cccc(N(C)C)c1. The van der Waals surface area contributed by atoms with Crippen LogP contribution in [0.4, 0.5) is 5.69 Å². The van der Waals surface area contributed by atoms with Gasteiger partial charge in [0.05, 0.1) is 0 Å². The van der Waals surface area contributed by atoms with Gasteiger partial charge < -0.3 is 15.5 Å². The number of nitrogens with zero attached hydrogens (tertiary/aromatic N) is 1. The molecule has 0 radical (unpaired) electrons. The number of anilines is 1. The zero-order valence-corrected chi connectivity index (χ0v) is 16.7. The fraction of sp³-hybridized carbons (Fsp3) is 0.261. The van der Waals surface area contributed by atoms with Gasteiger partial charge >= 0.3 is 0 Å². The summed E-state index contributed by atoms with van der Waals surface area (Å²) in [6.07, 6.45) is 6.75. The molecule has 0 atom stereocenters. The Hall–Kier alpha value is -3.01. The highest BCUT2D eigenvalue weighted by atomic mass is 16.1. The summed E-state index contributed by atoms with van der Waals surface area (Å²) >= 11 is 0. The summed E-state index contributed by atoms with van der Waals surface area (Å²) in [5.74, 6) is -0.0296. The Labute approximate surface area is 162 Å². The number of hydrogen-bond acceptors (Lipinski definition) is 3. The molecule has 0 unspecified atom stereocenters. The van der Waals surface area contributed by atoms with E-state index in [0.717, 1.165) is 40.2 Å². The normalized spacial score (nSPS) is 15.0. The first kappa shape index (κ1) is 20.3. The van der Waals surface area contributed by atoms with Crippen molar-refractivity contribution >= 4 is 17.2 Å². The number of rotatable bonds is 7. The number of carbonyl (C=O) groups is 1. The molecule has 0 bridgehead atoms. The van der Waals surface area contributed by atoms with Gasteiger partial charge in [0.2, 0.25) is 5.91 Å². The van der Waals surface area contributed by atoms with Crippen LogP contribution in [0.25, 0.3) is 5.57 Å². The number of hydrogen-bond donors (Lipinski definition) is 2. The predicted octanol–water partition coefficient (Wildman–Crippen LogP) is 4.17. The van der Waals surface area contributed by atoms with Crippen LogP contribution in [0.5, 0.6) is 0 Å². The second-order valence-electron chi connectivity index (χ2n) is 6.78. The van der Waals surface area contributed by atoms with Crippen LogP contribution in [0.1, 0.15) is 25.8 Å².